The van der Waals surface area contributed by atoms with E-state index in [1.54, 1.807) is 0 Å². The van der Waals surface area contributed by atoms with E-state index >= 15 is 0 Å². The summed E-state index contributed by atoms with van der Waals surface area (Å²) in [4.78, 5) is 0. The second-order valence-corrected chi connectivity index (χ2v) is 1.64. The van der Waals surface area contributed by atoms with Crippen molar-refractivity contribution in [1.29, 1.82) is 5.26 Å². The summed E-state index contributed by atoms with van der Waals surface area (Å²) in [5.74, 6) is -0.0611. The predicted molar refractivity (Wildman–Crippen MR) is 30.6 cm³/mol. The molecule has 44 valence electrons. The van der Waals surface area contributed by atoms with Crippen molar-refractivity contribution in [3.63, 3.8) is 0 Å². The Labute approximate surface area is 102 Å². The summed E-state index contributed by atoms with van der Waals surface area (Å²) in [6.07, 6.45) is 0. The number of hydrogen-bond acceptors (Lipinski definition) is 2. The van der Waals surface area contributed by atoms with Crippen LogP contribution in [0.2, 0.25) is 0 Å². The summed E-state index contributed by atoms with van der Waals surface area (Å²) in [6, 6.07) is 7.67. The molecular weight excluding hydrogens is 153 g/mol. The van der Waals surface area contributed by atoms with E-state index in [-0.39, 0.29) is 57.1 Å². The zero-order chi connectivity index (χ0) is 6.69. The van der Waals surface area contributed by atoms with Gasteiger partial charge in [0, 0.05) is 0 Å². The van der Waals surface area contributed by atoms with Gasteiger partial charge in [-0.25, -0.2) is 0 Å². The third-order valence-corrected chi connectivity index (χ3v) is 0.983. The van der Waals surface area contributed by atoms with Gasteiger partial charge in [0.2, 0.25) is 0 Å². The molecule has 0 heterocycles. The Morgan fingerprint density at radius 1 is 1.20 bits per heavy atom. The van der Waals surface area contributed by atoms with Crippen LogP contribution in [0.3, 0.4) is 0 Å². The van der Waals surface area contributed by atoms with Crippen molar-refractivity contribution in [3.05, 3.63) is 29.8 Å². The van der Waals surface area contributed by atoms with Crippen molar-refractivity contribution in [2.45, 2.75) is 0 Å². The van der Waals surface area contributed by atoms with Gasteiger partial charge in [0.1, 0.15) is 0 Å². The molecule has 1 aromatic carbocycles. The molecule has 0 aliphatic heterocycles. The van der Waals surface area contributed by atoms with E-state index in [0.29, 0.717) is 5.56 Å². The molecule has 0 spiro atoms. The number of hydrogen-bond donors (Lipinski definition) is 0. The maximum Gasteiger partial charge on any atom is 1.00 e. The van der Waals surface area contributed by atoms with Gasteiger partial charge in [-0.2, -0.15) is 5.26 Å². The first kappa shape index (κ1) is 10.1. The van der Waals surface area contributed by atoms with Crippen molar-refractivity contribution in [3.8, 4) is 11.8 Å². The molecule has 0 saturated heterocycles. The standard InChI is InChI=1S/C7H5NO.K/c8-5-6-1-3-7(9)4-2-6;/h1-4,9H;/q;+1/p-1. The second kappa shape index (κ2) is 4.89. The molecule has 0 atom stereocenters. The van der Waals surface area contributed by atoms with E-state index in [4.69, 9.17) is 5.26 Å². The Hall–Kier alpha value is 0.146. The molecule has 0 saturated carbocycles. The summed E-state index contributed by atoms with van der Waals surface area (Å²) in [5, 5.41) is 18.7. The molecule has 0 N–H and O–H groups in total. The third kappa shape index (κ3) is 2.82. The Balaban J connectivity index is 0.000000810. The van der Waals surface area contributed by atoms with Crippen molar-refractivity contribution >= 4 is 0 Å². The van der Waals surface area contributed by atoms with Gasteiger partial charge in [0.15, 0.2) is 0 Å². The number of rotatable bonds is 0. The monoisotopic (exact) mass is 157 g/mol. The molecule has 0 aromatic heterocycles. The zero-order valence-corrected chi connectivity index (χ0v) is 8.79. The van der Waals surface area contributed by atoms with Gasteiger partial charge < -0.3 is 5.11 Å². The van der Waals surface area contributed by atoms with E-state index in [9.17, 15) is 5.11 Å². The molecule has 0 radical (unpaired) electrons. The van der Waals surface area contributed by atoms with Gasteiger partial charge in [-0.1, -0.05) is 12.1 Å². The van der Waals surface area contributed by atoms with Crippen LogP contribution in [0.15, 0.2) is 24.3 Å². The molecule has 0 fully saturated rings. The van der Waals surface area contributed by atoms with Gasteiger partial charge in [0.05, 0.1) is 11.6 Å². The zero-order valence-electron chi connectivity index (χ0n) is 5.66. The summed E-state index contributed by atoms with van der Waals surface area (Å²) in [5.41, 5.74) is 0.523. The molecule has 0 amide bonds. The quantitative estimate of drug-likeness (QED) is 0.395. The van der Waals surface area contributed by atoms with Crippen LogP contribution in [0.5, 0.6) is 5.75 Å². The van der Waals surface area contributed by atoms with E-state index in [1.165, 1.54) is 24.3 Å². The number of benzene rings is 1. The Morgan fingerprint density at radius 3 is 2.10 bits per heavy atom. The van der Waals surface area contributed by atoms with E-state index in [2.05, 4.69) is 0 Å². The minimum absolute atomic E-state index is 0. The summed E-state index contributed by atoms with van der Waals surface area (Å²) in [6.45, 7) is 0. The van der Waals surface area contributed by atoms with Crippen molar-refractivity contribution in [2.75, 3.05) is 0 Å². The van der Waals surface area contributed by atoms with Crippen LogP contribution in [-0.4, -0.2) is 0 Å². The number of nitriles is 1. The number of nitrogens with zero attached hydrogens (tertiary/aromatic N) is 1. The first-order valence-corrected chi connectivity index (χ1v) is 2.50. The average Bonchev–Trinajstić information content (AvgIpc) is 1.90. The Morgan fingerprint density at radius 2 is 1.70 bits per heavy atom. The maximum absolute atomic E-state index is 10.4. The molecule has 1 rings (SSSR count). The molecule has 0 aliphatic rings. The van der Waals surface area contributed by atoms with Crippen LogP contribution in [0, 0.1) is 11.3 Å². The molecule has 2 nitrogen and oxygen atoms in total. The van der Waals surface area contributed by atoms with Gasteiger partial charge in [-0.15, -0.1) is 5.75 Å². The molecule has 1 aromatic rings. The fourth-order valence-electron chi connectivity index (χ4n) is 0.529. The van der Waals surface area contributed by atoms with Crippen LogP contribution in [0.25, 0.3) is 0 Å². The van der Waals surface area contributed by atoms with Gasteiger partial charge in [0.25, 0.3) is 0 Å². The van der Waals surface area contributed by atoms with Gasteiger partial charge in [-0.3, -0.25) is 0 Å². The van der Waals surface area contributed by atoms with Crippen LogP contribution < -0.4 is 56.5 Å². The van der Waals surface area contributed by atoms with Crippen molar-refractivity contribution in [2.24, 2.45) is 0 Å². The SMILES string of the molecule is N#Cc1ccc([O-])cc1.[K+]. The second-order valence-electron chi connectivity index (χ2n) is 1.64. The molecule has 0 bridgehead atoms. The Bertz CT molecular complexity index is 237. The van der Waals surface area contributed by atoms with Crippen LogP contribution in [-0.2, 0) is 0 Å². The minimum atomic E-state index is -0.0611. The minimum Gasteiger partial charge on any atom is -0.872 e. The fourth-order valence-corrected chi connectivity index (χ4v) is 0.529. The van der Waals surface area contributed by atoms with E-state index < -0.39 is 0 Å². The summed E-state index contributed by atoms with van der Waals surface area (Å²) in [7, 11) is 0. The smallest absolute Gasteiger partial charge is 0.872 e. The molecule has 10 heavy (non-hydrogen) atoms. The molecular formula is C7H4KNO. The molecule has 0 unspecified atom stereocenters. The first-order chi connectivity index (χ1) is 4.33. The van der Waals surface area contributed by atoms with E-state index in [0.717, 1.165) is 0 Å². The third-order valence-electron chi connectivity index (χ3n) is 0.983. The van der Waals surface area contributed by atoms with Crippen LogP contribution >= 0.6 is 0 Å². The van der Waals surface area contributed by atoms with Crippen LogP contribution in [0.4, 0.5) is 0 Å². The molecule has 0 aliphatic carbocycles. The maximum atomic E-state index is 10.4. The Kier molecular flexibility index (Phi) is 4.96. The predicted octanol–water partition coefficient (Wildman–Crippen LogP) is -2.36. The largest absolute Gasteiger partial charge is 1.00 e. The summed E-state index contributed by atoms with van der Waals surface area (Å²) >= 11 is 0. The topological polar surface area (TPSA) is 46.8 Å². The fraction of sp³-hybridized carbons (Fsp3) is 0. The van der Waals surface area contributed by atoms with Crippen LogP contribution in [0.1, 0.15) is 5.56 Å². The van der Waals surface area contributed by atoms with E-state index in [1.807, 2.05) is 6.07 Å². The van der Waals surface area contributed by atoms with Gasteiger partial charge in [-0.05, 0) is 12.1 Å². The summed E-state index contributed by atoms with van der Waals surface area (Å²) < 4.78 is 0. The average molecular weight is 157 g/mol. The van der Waals surface area contributed by atoms with Gasteiger partial charge >= 0.3 is 51.4 Å². The van der Waals surface area contributed by atoms with Crippen molar-refractivity contribution < 1.29 is 56.5 Å². The van der Waals surface area contributed by atoms with Crippen molar-refractivity contribution in [1.82, 2.24) is 0 Å². The first-order valence-electron chi connectivity index (χ1n) is 2.50. The molecule has 3 heteroatoms. The normalized spacial score (nSPS) is 7.50.